The predicted octanol–water partition coefficient (Wildman–Crippen LogP) is -3.79. The van der Waals surface area contributed by atoms with E-state index in [-0.39, 0.29) is 43.4 Å². The van der Waals surface area contributed by atoms with Gasteiger partial charge in [0.1, 0.15) is 0 Å². The summed E-state index contributed by atoms with van der Waals surface area (Å²) in [4.78, 5) is 0. The summed E-state index contributed by atoms with van der Waals surface area (Å²) in [6.07, 6.45) is 2.56. The average Bonchev–Trinajstić information content (AvgIpc) is 2.67. The van der Waals surface area contributed by atoms with Crippen molar-refractivity contribution < 1.29 is 48.1 Å². The van der Waals surface area contributed by atoms with E-state index in [1.54, 1.807) is 0 Å². The number of hydrogen-bond donors (Lipinski definition) is 0. The third-order valence-electron chi connectivity index (χ3n) is 1.38. The molecule has 1 aromatic carbocycles. The van der Waals surface area contributed by atoms with Crippen molar-refractivity contribution in [2.24, 2.45) is 0 Å². The molecule has 0 saturated carbocycles. The molecule has 1 saturated heterocycles. The second-order valence-corrected chi connectivity index (χ2v) is 2.28. The summed E-state index contributed by atoms with van der Waals surface area (Å²) < 4.78 is 4.94. The molecule has 0 amide bonds. The fraction of sp³-hybridized carbons (Fsp3) is 0.444. The van der Waals surface area contributed by atoms with Crippen LogP contribution in [-0.2, 0) is 23.3 Å². The topological polar surface area (TPSA) is 9.23 Å². The monoisotopic (exact) mass is 258 g/mol. The Morgan fingerprint density at radius 2 is 1.38 bits per heavy atom. The molecule has 0 aliphatic carbocycles. The van der Waals surface area contributed by atoms with E-state index in [0.717, 1.165) is 13.2 Å². The molecular weight excluding hydrogens is 246 g/mol. The number of rotatable bonds is 0. The van der Waals surface area contributed by atoms with E-state index in [2.05, 4.69) is 0 Å². The zero-order valence-corrected chi connectivity index (χ0v) is 10.2. The normalized spacial score (nSPS) is 12.3. The van der Waals surface area contributed by atoms with Crippen LogP contribution in [0.4, 0.5) is 0 Å². The maximum absolute atomic E-state index is 4.94. The number of ether oxygens (including phenoxy) is 1. The van der Waals surface area contributed by atoms with Crippen molar-refractivity contribution in [3.63, 3.8) is 0 Å². The van der Waals surface area contributed by atoms with Crippen molar-refractivity contribution in [3.8, 4) is 0 Å². The van der Waals surface area contributed by atoms with Gasteiger partial charge < -0.3 is 29.6 Å². The Balaban J connectivity index is -0.000000125. The van der Waals surface area contributed by atoms with E-state index in [9.17, 15) is 0 Å². The van der Waals surface area contributed by atoms with Crippen LogP contribution in [0, 0.1) is 0 Å². The molecule has 0 bridgehead atoms. The van der Waals surface area contributed by atoms with Crippen molar-refractivity contribution in [1.82, 2.24) is 0 Å². The van der Waals surface area contributed by atoms with Gasteiger partial charge in [-0.15, -0.1) is 0 Å². The largest absolute Gasteiger partial charge is 2.00 e. The van der Waals surface area contributed by atoms with E-state index in [1.807, 2.05) is 30.3 Å². The Morgan fingerprint density at radius 1 is 0.923 bits per heavy atom. The fourth-order valence-corrected chi connectivity index (χ4v) is 0.831. The molecule has 0 aromatic heterocycles. The Morgan fingerprint density at radius 3 is 1.54 bits per heavy atom. The molecule has 1 aliphatic rings. The van der Waals surface area contributed by atoms with E-state index >= 15 is 0 Å². The smallest absolute Gasteiger partial charge is 1.00 e. The summed E-state index contributed by atoms with van der Waals surface area (Å²) >= 11 is 0. The van der Waals surface area contributed by atoms with Crippen LogP contribution in [0.3, 0.4) is 0 Å². The standard InChI is InChI=1S/C5H5.C4H8O.2ClH.V/c2*1-2-4-5-3-1;;;/h1-5H;1-4H2;2*1H;/q-1;;;;+2/p-2. The van der Waals surface area contributed by atoms with Gasteiger partial charge in [0.25, 0.3) is 0 Å². The molecular formula is C9H13Cl2OV-. The van der Waals surface area contributed by atoms with Crippen LogP contribution < -0.4 is 24.8 Å². The molecule has 4 heteroatoms. The fourth-order valence-electron chi connectivity index (χ4n) is 0.831. The molecule has 13 heavy (non-hydrogen) atoms. The first-order chi connectivity index (χ1) is 5.00. The summed E-state index contributed by atoms with van der Waals surface area (Å²) in [5, 5.41) is 0. The Hall–Kier alpha value is 0.474. The first-order valence-electron chi connectivity index (χ1n) is 3.74. The molecule has 0 atom stereocenters. The second kappa shape index (κ2) is 15.0. The van der Waals surface area contributed by atoms with Gasteiger partial charge in [0.05, 0.1) is 0 Å². The number of halogens is 2. The van der Waals surface area contributed by atoms with Crippen molar-refractivity contribution in [2.45, 2.75) is 12.8 Å². The molecule has 0 spiro atoms. The molecule has 0 N–H and O–H groups in total. The van der Waals surface area contributed by atoms with Gasteiger partial charge >= 0.3 is 18.6 Å². The van der Waals surface area contributed by atoms with Crippen molar-refractivity contribution in [3.05, 3.63) is 30.3 Å². The van der Waals surface area contributed by atoms with E-state index in [4.69, 9.17) is 4.74 Å². The van der Waals surface area contributed by atoms with E-state index in [0.29, 0.717) is 0 Å². The van der Waals surface area contributed by atoms with Crippen molar-refractivity contribution in [1.29, 1.82) is 0 Å². The van der Waals surface area contributed by atoms with Crippen LogP contribution in [0.5, 0.6) is 0 Å². The van der Waals surface area contributed by atoms with Gasteiger partial charge in [0.15, 0.2) is 0 Å². The molecule has 2 rings (SSSR count). The van der Waals surface area contributed by atoms with Crippen LogP contribution in [0.2, 0.25) is 0 Å². The second-order valence-electron chi connectivity index (χ2n) is 2.28. The summed E-state index contributed by atoms with van der Waals surface area (Å²) in [5.41, 5.74) is 0. The van der Waals surface area contributed by atoms with Gasteiger partial charge in [-0.05, 0) is 12.8 Å². The average molecular weight is 259 g/mol. The van der Waals surface area contributed by atoms with Gasteiger partial charge in [0.2, 0.25) is 0 Å². The molecule has 0 unspecified atom stereocenters. The third-order valence-corrected chi connectivity index (χ3v) is 1.38. The minimum Gasteiger partial charge on any atom is -1.00 e. The summed E-state index contributed by atoms with van der Waals surface area (Å²) in [6, 6.07) is 10.0. The summed E-state index contributed by atoms with van der Waals surface area (Å²) in [5.74, 6) is 0. The van der Waals surface area contributed by atoms with Crippen LogP contribution in [-0.4, -0.2) is 13.2 Å². The molecule has 1 fully saturated rings. The van der Waals surface area contributed by atoms with E-state index < -0.39 is 0 Å². The third kappa shape index (κ3) is 12.5. The first kappa shape index (κ1) is 19.1. The zero-order valence-electron chi connectivity index (χ0n) is 7.33. The van der Waals surface area contributed by atoms with E-state index in [1.165, 1.54) is 12.8 Å². The van der Waals surface area contributed by atoms with Crippen LogP contribution in [0.15, 0.2) is 30.3 Å². The van der Waals surface area contributed by atoms with Gasteiger partial charge in [0, 0.05) is 13.2 Å². The SMILES string of the molecule is C1CCOC1.[Cl-].[Cl-].[V+2].c1cc[cH-]c1. The van der Waals surface area contributed by atoms with Gasteiger partial charge in [-0.25, -0.2) is 12.1 Å². The molecule has 1 nitrogen and oxygen atoms in total. The molecule has 1 aliphatic heterocycles. The number of hydrogen-bond acceptors (Lipinski definition) is 1. The van der Waals surface area contributed by atoms with Crippen LogP contribution in [0.1, 0.15) is 12.8 Å². The van der Waals surface area contributed by atoms with Gasteiger partial charge in [-0.3, -0.25) is 0 Å². The maximum Gasteiger partial charge on any atom is 2.00 e. The maximum atomic E-state index is 4.94. The Labute approximate surface area is 104 Å². The minimum absolute atomic E-state index is 0. The molecule has 1 aromatic rings. The molecule has 1 heterocycles. The molecule has 75 valence electrons. The minimum atomic E-state index is 0. The predicted molar refractivity (Wildman–Crippen MR) is 42.1 cm³/mol. The van der Waals surface area contributed by atoms with Crippen LogP contribution in [0.25, 0.3) is 0 Å². The van der Waals surface area contributed by atoms with Crippen molar-refractivity contribution in [2.75, 3.05) is 13.2 Å². The quantitative estimate of drug-likeness (QED) is 0.434. The van der Waals surface area contributed by atoms with Gasteiger partial charge in [-0.2, -0.15) is 18.2 Å². The first-order valence-corrected chi connectivity index (χ1v) is 3.74. The van der Waals surface area contributed by atoms with Crippen molar-refractivity contribution >= 4 is 0 Å². The molecule has 1 radical (unpaired) electrons. The Kier molecular flexibility index (Phi) is 22.0. The van der Waals surface area contributed by atoms with Crippen LogP contribution >= 0.6 is 0 Å². The summed E-state index contributed by atoms with van der Waals surface area (Å²) in [7, 11) is 0. The van der Waals surface area contributed by atoms with Gasteiger partial charge in [-0.1, -0.05) is 0 Å². The Bertz CT molecular complexity index is 117. The zero-order chi connectivity index (χ0) is 7.07. The summed E-state index contributed by atoms with van der Waals surface area (Å²) in [6.45, 7) is 2.00.